The zero-order chi connectivity index (χ0) is 44.4. The number of carbonyl (C=O) groups is 3. The molecular formula is C54H99GaO6. The zero-order valence-corrected chi connectivity index (χ0v) is 43.1. The summed E-state index contributed by atoms with van der Waals surface area (Å²) in [6, 6.07) is 0. The van der Waals surface area contributed by atoms with Gasteiger partial charge in [-0.25, -0.2) is 0 Å². The van der Waals surface area contributed by atoms with Crippen molar-refractivity contribution in [3.63, 3.8) is 0 Å². The second kappa shape index (κ2) is 50.9. The van der Waals surface area contributed by atoms with Gasteiger partial charge in [-0.2, -0.15) is 0 Å². The fraction of sp³-hybridized carbons (Fsp3) is 0.833. The maximum atomic E-state index is 12.8. The average molecular weight is 914 g/mol. The molecule has 0 fully saturated rings. The van der Waals surface area contributed by atoms with Crippen LogP contribution in [0.1, 0.15) is 290 Å². The van der Waals surface area contributed by atoms with E-state index in [0.29, 0.717) is 0 Å². The Bertz CT molecular complexity index is 910. The SMILES string of the molecule is CCCCCCCC/C=C\CCCCCCCC(=O)[O][Ga]([O]C(=O)CCCCCCC/C=C\CCCCCCCC)[O]C(=O)CCCCCCC/C=C\CCCCCCCC. The molecule has 0 aromatic rings. The minimum atomic E-state index is -3.84. The topological polar surface area (TPSA) is 78.9 Å². The summed E-state index contributed by atoms with van der Waals surface area (Å²) in [4.78, 5) is 38.4. The van der Waals surface area contributed by atoms with Crippen molar-refractivity contribution < 1.29 is 25.0 Å². The van der Waals surface area contributed by atoms with Gasteiger partial charge in [0.15, 0.2) is 0 Å². The van der Waals surface area contributed by atoms with E-state index < -0.39 is 35.2 Å². The van der Waals surface area contributed by atoms with Crippen LogP contribution < -0.4 is 0 Å². The Morgan fingerprint density at radius 2 is 0.459 bits per heavy atom. The predicted octanol–water partition coefficient (Wildman–Crippen LogP) is 17.7. The molecule has 0 heterocycles. The molecule has 6 nitrogen and oxygen atoms in total. The minimum Gasteiger partial charge on any atom is -0.0654 e. The Labute approximate surface area is 385 Å². The van der Waals surface area contributed by atoms with Crippen LogP contribution in [0.15, 0.2) is 36.5 Å². The van der Waals surface area contributed by atoms with Crippen LogP contribution in [-0.4, -0.2) is 35.2 Å². The van der Waals surface area contributed by atoms with Gasteiger partial charge in [0.1, 0.15) is 0 Å². The molecule has 7 heteroatoms. The Balaban J connectivity index is 4.42. The first-order valence-corrected chi connectivity index (χ1v) is 29.5. The van der Waals surface area contributed by atoms with Gasteiger partial charge in [0.2, 0.25) is 0 Å². The van der Waals surface area contributed by atoms with Crippen molar-refractivity contribution in [3.8, 4) is 0 Å². The van der Waals surface area contributed by atoms with E-state index in [9.17, 15) is 14.4 Å². The van der Waals surface area contributed by atoms with Crippen molar-refractivity contribution in [1.82, 2.24) is 0 Å². The van der Waals surface area contributed by atoms with Gasteiger partial charge in [-0.15, -0.1) is 0 Å². The molecule has 0 spiro atoms. The molecule has 0 saturated carbocycles. The molecule has 0 bridgehead atoms. The molecule has 61 heavy (non-hydrogen) atoms. The van der Waals surface area contributed by atoms with Crippen molar-refractivity contribution in [1.29, 1.82) is 0 Å². The number of carbonyl (C=O) groups excluding carboxylic acids is 3. The van der Waals surface area contributed by atoms with Gasteiger partial charge in [0.05, 0.1) is 0 Å². The zero-order valence-electron chi connectivity index (χ0n) is 40.7. The molecule has 0 aliphatic rings. The van der Waals surface area contributed by atoms with Crippen molar-refractivity contribution in [3.05, 3.63) is 36.5 Å². The summed E-state index contributed by atoms with van der Waals surface area (Å²) in [6.07, 6.45) is 61.2. The fourth-order valence-electron chi connectivity index (χ4n) is 7.59. The Morgan fingerprint density at radius 3 is 0.672 bits per heavy atom. The summed E-state index contributed by atoms with van der Waals surface area (Å²) in [5, 5.41) is 0. The molecule has 0 aliphatic heterocycles. The Morgan fingerprint density at radius 1 is 0.279 bits per heavy atom. The minimum absolute atomic E-state index is 0.261. The van der Waals surface area contributed by atoms with Crippen LogP contribution in [0.5, 0.6) is 0 Å². The fourth-order valence-corrected chi connectivity index (χ4v) is 9.99. The van der Waals surface area contributed by atoms with Crippen LogP contribution in [0.25, 0.3) is 0 Å². The van der Waals surface area contributed by atoms with E-state index >= 15 is 0 Å². The molecule has 0 aromatic carbocycles. The molecule has 0 atom stereocenters. The second-order valence-electron chi connectivity index (χ2n) is 17.8. The first-order valence-electron chi connectivity index (χ1n) is 26.6. The second-order valence-corrected chi connectivity index (χ2v) is 20.5. The van der Waals surface area contributed by atoms with E-state index in [-0.39, 0.29) is 19.3 Å². The third-order valence-electron chi connectivity index (χ3n) is 11.6. The summed E-state index contributed by atoms with van der Waals surface area (Å²) >= 11 is -3.84. The van der Waals surface area contributed by atoms with Crippen molar-refractivity contribution in [2.24, 2.45) is 0 Å². The molecule has 0 unspecified atom stereocenters. The van der Waals surface area contributed by atoms with Crippen LogP contribution in [0, 0.1) is 0 Å². The van der Waals surface area contributed by atoms with Crippen LogP contribution in [0.4, 0.5) is 0 Å². The van der Waals surface area contributed by atoms with E-state index in [0.717, 1.165) is 96.3 Å². The molecule has 0 aromatic heterocycles. The third-order valence-corrected chi connectivity index (χ3v) is 14.5. The maximum absolute atomic E-state index is 12.8. The number of unbranched alkanes of at least 4 members (excludes halogenated alkanes) is 33. The third kappa shape index (κ3) is 49.1. The number of allylic oxidation sites excluding steroid dienone is 6. The van der Waals surface area contributed by atoms with E-state index in [1.807, 2.05) is 0 Å². The van der Waals surface area contributed by atoms with Gasteiger partial charge in [0.25, 0.3) is 0 Å². The molecule has 354 valence electrons. The summed E-state index contributed by atoms with van der Waals surface area (Å²) in [7, 11) is 0. The van der Waals surface area contributed by atoms with Gasteiger partial charge in [-0.3, -0.25) is 0 Å². The number of hydrogen-bond acceptors (Lipinski definition) is 6. The smallest absolute Gasteiger partial charge is 0.0654 e. The quantitative estimate of drug-likeness (QED) is 0.0344. The first-order chi connectivity index (χ1) is 30.0. The van der Waals surface area contributed by atoms with E-state index in [1.165, 1.54) is 154 Å². The number of rotatable bonds is 48. The molecule has 0 amide bonds. The van der Waals surface area contributed by atoms with Crippen LogP contribution in [0.3, 0.4) is 0 Å². The molecular weight excluding hydrogens is 814 g/mol. The van der Waals surface area contributed by atoms with Crippen LogP contribution in [0.2, 0.25) is 0 Å². The van der Waals surface area contributed by atoms with Gasteiger partial charge >= 0.3 is 251 Å². The summed E-state index contributed by atoms with van der Waals surface area (Å²) in [5.41, 5.74) is 0. The molecule has 0 aliphatic carbocycles. The van der Waals surface area contributed by atoms with Crippen LogP contribution >= 0.6 is 0 Å². The van der Waals surface area contributed by atoms with Crippen LogP contribution in [-0.2, 0) is 25.0 Å². The van der Waals surface area contributed by atoms with Gasteiger partial charge in [-0.1, -0.05) is 117 Å². The molecule has 0 N–H and O–H groups in total. The van der Waals surface area contributed by atoms with E-state index in [2.05, 4.69) is 57.2 Å². The normalized spacial score (nSPS) is 11.7. The van der Waals surface area contributed by atoms with E-state index in [4.69, 9.17) is 10.6 Å². The van der Waals surface area contributed by atoms with Gasteiger partial charge in [0, 0.05) is 0 Å². The molecule has 0 radical (unpaired) electrons. The van der Waals surface area contributed by atoms with Gasteiger partial charge in [-0.05, 0) is 19.3 Å². The van der Waals surface area contributed by atoms with E-state index in [1.54, 1.807) is 0 Å². The first kappa shape index (κ1) is 59.3. The standard InChI is InChI=1S/3C18H34O2.Ga/c3*1-2-3-4-5-6-7-8-9-10-11-12-13-14-15-16-17-18(19)20;/h3*9-10H,2-8,11-17H2,1H3,(H,19,20);/q;;;+3/p-3/b3*10-9-;. The number of hydrogen-bond donors (Lipinski definition) is 0. The van der Waals surface area contributed by atoms with Gasteiger partial charge < -0.3 is 0 Å². The van der Waals surface area contributed by atoms with Crippen molar-refractivity contribution in [2.75, 3.05) is 0 Å². The summed E-state index contributed by atoms with van der Waals surface area (Å²) < 4.78 is 16.8. The van der Waals surface area contributed by atoms with Crippen molar-refractivity contribution >= 4 is 35.2 Å². The molecule has 0 saturated heterocycles. The predicted molar refractivity (Wildman–Crippen MR) is 262 cm³/mol. The summed E-state index contributed by atoms with van der Waals surface area (Å²) in [5.74, 6) is -1.24. The molecule has 0 rings (SSSR count). The Kier molecular flexibility index (Phi) is 49.5. The van der Waals surface area contributed by atoms with Crippen molar-refractivity contribution in [2.45, 2.75) is 290 Å². The average Bonchev–Trinajstić information content (AvgIpc) is 3.25. The monoisotopic (exact) mass is 913 g/mol. The Hall–Kier alpha value is -1.73. The summed E-state index contributed by atoms with van der Waals surface area (Å²) in [6.45, 7) is 6.78.